The van der Waals surface area contributed by atoms with Gasteiger partial charge in [0.05, 0.1) is 41.7 Å². The number of aliphatic hydroxyl groups is 1. The minimum absolute atomic E-state index is 0.00991. The number of rotatable bonds is 13. The average molecular weight is 884 g/mol. The molecule has 0 radical (unpaired) electrons. The minimum atomic E-state index is -1.50. The van der Waals surface area contributed by atoms with Gasteiger partial charge in [-0.15, -0.1) is 0 Å². The largest absolute Gasteiger partial charge is 0.492 e. The molecule has 5 heterocycles. The molecule has 2 aromatic rings. The highest BCUT2D eigenvalue weighted by Gasteiger charge is 2.89. The second-order valence-corrected chi connectivity index (χ2v) is 21.2. The topological polar surface area (TPSA) is 121 Å². The Bertz CT molecular complexity index is 2570. The summed E-state index contributed by atoms with van der Waals surface area (Å²) in [6.07, 6.45) is 16.2. The molecule has 5 aliphatic heterocycles. The van der Waals surface area contributed by atoms with E-state index in [-0.39, 0.29) is 30.5 Å². The predicted octanol–water partition coefficient (Wildman–Crippen LogP) is 9.81. The molecule has 8 atom stereocenters. The molecular weight excluding hydrogens is 819 g/mol. The van der Waals surface area contributed by atoms with Crippen LogP contribution in [0.4, 0.5) is 0 Å². The van der Waals surface area contributed by atoms with E-state index < -0.39 is 51.7 Å². The van der Waals surface area contributed by atoms with Crippen LogP contribution in [0.2, 0.25) is 0 Å². The van der Waals surface area contributed by atoms with Crippen molar-refractivity contribution in [3.05, 3.63) is 98.7 Å². The molecule has 4 aliphatic carbocycles. The normalized spacial score (nSPS) is 32.4. The van der Waals surface area contributed by atoms with Crippen molar-refractivity contribution in [3.63, 3.8) is 0 Å². The summed E-state index contributed by atoms with van der Waals surface area (Å²) in [6, 6.07) is 7.95. The summed E-state index contributed by atoms with van der Waals surface area (Å²) in [7, 11) is 1.37. The third-order valence-corrected chi connectivity index (χ3v) is 16.4. The number of carbonyl (C=O) groups is 3. The van der Waals surface area contributed by atoms with E-state index in [2.05, 4.69) is 83.7 Å². The van der Waals surface area contributed by atoms with Gasteiger partial charge in [0.15, 0.2) is 22.8 Å². The van der Waals surface area contributed by atoms with Gasteiger partial charge in [-0.2, -0.15) is 0 Å². The van der Waals surface area contributed by atoms with Crippen molar-refractivity contribution >= 4 is 29.3 Å². The second kappa shape index (κ2) is 15.3. The smallest absolute Gasteiger partial charge is 0.333 e. The van der Waals surface area contributed by atoms with E-state index in [4.69, 9.17) is 23.7 Å². The number of allylic oxidation sites excluding steroid dienone is 5. The fraction of sp³-hybridized carbons (Fsp3) is 0.545. The average Bonchev–Trinajstić information content (AvgIpc) is 3.87. The fourth-order valence-corrected chi connectivity index (χ4v) is 13.9. The molecule has 9 aliphatic rings. The van der Waals surface area contributed by atoms with E-state index in [0.29, 0.717) is 67.2 Å². The van der Waals surface area contributed by atoms with Crippen LogP contribution in [0.1, 0.15) is 139 Å². The van der Waals surface area contributed by atoms with Crippen LogP contribution in [-0.4, -0.2) is 76.8 Å². The Hall–Kier alpha value is -4.93. The SMILES string of the molecule is COC(=O)/C(C)=C\CC12OC(C)(C)C3CC(C1=O)C1C4=C(c5ccccc5C4=O)N4CCCC45c4c(OCCCCO)c6c(c(CC=C(C)C)c4OC32C15)OC(C)(CCC=C(C)C)C=C6. The molecule has 4 bridgehead atoms. The number of hydrogen-bond donors (Lipinski definition) is 1. The van der Waals surface area contributed by atoms with Crippen molar-refractivity contribution in [2.45, 2.75) is 141 Å². The molecule has 2 saturated heterocycles. The second-order valence-electron chi connectivity index (χ2n) is 21.2. The van der Waals surface area contributed by atoms with Crippen molar-refractivity contribution in [1.82, 2.24) is 4.90 Å². The molecule has 8 unspecified atom stereocenters. The van der Waals surface area contributed by atoms with Gasteiger partial charge in [-0.25, -0.2) is 4.79 Å². The van der Waals surface area contributed by atoms with Crippen LogP contribution in [0, 0.1) is 23.7 Å². The number of carbonyl (C=O) groups excluding carboxylic acids is 3. The lowest BCUT2D eigenvalue weighted by atomic mass is 9.38. The van der Waals surface area contributed by atoms with Gasteiger partial charge in [-0.05, 0) is 119 Å². The van der Waals surface area contributed by atoms with E-state index >= 15 is 9.59 Å². The Morgan fingerprint density at radius 2 is 1.72 bits per heavy atom. The Labute approximate surface area is 383 Å². The maximum Gasteiger partial charge on any atom is 0.333 e. The molecule has 10 heteroatoms. The lowest BCUT2D eigenvalue weighted by molar-refractivity contribution is -0.243. The Kier molecular flexibility index (Phi) is 10.3. The van der Waals surface area contributed by atoms with Gasteiger partial charge in [0.2, 0.25) is 0 Å². The highest BCUT2D eigenvalue weighted by Crippen LogP contribution is 2.80. The lowest BCUT2D eigenvalue weighted by Gasteiger charge is -2.71. The van der Waals surface area contributed by atoms with Gasteiger partial charge in [0, 0.05) is 71.1 Å². The Morgan fingerprint density at radius 1 is 0.969 bits per heavy atom. The summed E-state index contributed by atoms with van der Waals surface area (Å²) >= 11 is 0. The molecule has 1 N–H and O–H groups in total. The van der Waals surface area contributed by atoms with E-state index in [0.717, 1.165) is 64.8 Å². The van der Waals surface area contributed by atoms with Crippen LogP contribution in [0.5, 0.6) is 17.2 Å². The molecule has 11 rings (SSSR count). The molecule has 10 nitrogen and oxygen atoms in total. The van der Waals surface area contributed by atoms with Gasteiger partial charge < -0.3 is 33.7 Å². The van der Waals surface area contributed by atoms with Crippen molar-refractivity contribution in [2.24, 2.45) is 23.7 Å². The van der Waals surface area contributed by atoms with Crippen LogP contribution < -0.4 is 14.2 Å². The number of esters is 1. The first-order valence-corrected chi connectivity index (χ1v) is 24.0. The van der Waals surface area contributed by atoms with E-state index in [1.54, 1.807) is 6.92 Å². The van der Waals surface area contributed by atoms with Crippen LogP contribution >= 0.6 is 0 Å². The van der Waals surface area contributed by atoms with Crippen molar-refractivity contribution in [1.29, 1.82) is 0 Å². The predicted molar refractivity (Wildman–Crippen MR) is 249 cm³/mol. The zero-order valence-electron chi connectivity index (χ0n) is 39.7. The summed E-state index contributed by atoms with van der Waals surface area (Å²) in [4.78, 5) is 46.8. The molecule has 344 valence electrons. The maximum absolute atomic E-state index is 16.1. The highest BCUT2D eigenvalue weighted by atomic mass is 16.6. The Balaban J connectivity index is 1.33. The Morgan fingerprint density at radius 3 is 2.45 bits per heavy atom. The van der Waals surface area contributed by atoms with Gasteiger partial charge in [-0.3, -0.25) is 9.59 Å². The van der Waals surface area contributed by atoms with E-state index in [9.17, 15) is 9.90 Å². The monoisotopic (exact) mass is 883 g/mol. The molecule has 3 saturated carbocycles. The first-order valence-electron chi connectivity index (χ1n) is 24.0. The number of aliphatic hydroxyl groups excluding tert-OH is 1. The molecular formula is C55H65NO9. The number of methoxy groups -OCH3 is 1. The molecule has 0 amide bonds. The number of hydrogen-bond acceptors (Lipinski definition) is 10. The van der Waals surface area contributed by atoms with Crippen molar-refractivity contribution < 1.29 is 43.2 Å². The van der Waals surface area contributed by atoms with E-state index in [1.165, 1.54) is 12.7 Å². The number of benzene rings is 2. The number of ketones is 2. The van der Waals surface area contributed by atoms with Crippen LogP contribution in [0.3, 0.4) is 0 Å². The first kappa shape index (κ1) is 43.9. The van der Waals surface area contributed by atoms with Crippen molar-refractivity contribution in [2.75, 3.05) is 26.9 Å². The van der Waals surface area contributed by atoms with Gasteiger partial charge >= 0.3 is 5.97 Å². The first-order chi connectivity index (χ1) is 31.0. The maximum atomic E-state index is 16.1. The standard InChI is InChI=1S/C55H65NO9/c1-31(2)16-14-23-52(8)25-22-37-45(63-52)36(20-19-32(3)4)47-42(46(37)62-29-13-12-28-57)53-24-15-27-56(53)43-34-17-10-11-18-35(34)44(58)41(43)40-38-30-39-51(6,7)65-54(49(38)59,55(39,64-47)48(40)53)26-21-33(5)50(60)61-9/h10-11,16-19,21-22,25,38-40,48,57H,12-15,20,23-24,26-30H2,1-9H3/b33-21-. The lowest BCUT2D eigenvalue weighted by Crippen LogP contribution is -2.82. The van der Waals surface area contributed by atoms with Crippen LogP contribution in [0.25, 0.3) is 11.8 Å². The summed E-state index contributed by atoms with van der Waals surface area (Å²) in [6.45, 7) is 17.6. The van der Waals surface area contributed by atoms with Gasteiger partial charge in [-0.1, -0.05) is 53.6 Å². The quantitative estimate of drug-likeness (QED) is 0.0901. The number of ether oxygens (including phenoxy) is 5. The number of Topliss-reactive ketones (excluding diaryl/α,β-unsaturated/α-hetero) is 2. The summed E-state index contributed by atoms with van der Waals surface area (Å²) < 4.78 is 35.3. The summed E-state index contributed by atoms with van der Waals surface area (Å²) in [5.74, 6) is -0.114. The van der Waals surface area contributed by atoms with E-state index in [1.807, 2.05) is 24.3 Å². The fourth-order valence-electron chi connectivity index (χ4n) is 13.9. The highest BCUT2D eigenvalue weighted by molar-refractivity contribution is 6.22. The zero-order valence-corrected chi connectivity index (χ0v) is 39.7. The molecule has 0 aromatic heterocycles. The molecule has 2 spiro atoms. The zero-order chi connectivity index (χ0) is 46.0. The van der Waals surface area contributed by atoms with Crippen molar-refractivity contribution in [3.8, 4) is 17.2 Å². The third kappa shape index (κ3) is 5.93. The minimum Gasteiger partial charge on any atom is -0.492 e. The number of unbranched alkanes of at least 4 members (excludes halogenated alkanes) is 1. The third-order valence-electron chi connectivity index (χ3n) is 16.4. The van der Waals surface area contributed by atoms with Gasteiger partial charge in [0.25, 0.3) is 0 Å². The molecule has 65 heavy (non-hydrogen) atoms. The molecule has 5 fully saturated rings. The summed E-state index contributed by atoms with van der Waals surface area (Å²) in [5, 5.41) is 9.91. The molecule has 2 aromatic carbocycles. The van der Waals surface area contributed by atoms with Gasteiger partial charge in [0.1, 0.15) is 22.8 Å². The van der Waals surface area contributed by atoms with Crippen LogP contribution in [-0.2, 0) is 31.0 Å². The van der Waals surface area contributed by atoms with Crippen LogP contribution in [0.15, 0.2) is 70.9 Å². The number of nitrogens with zero attached hydrogens (tertiary/aromatic N) is 1. The number of fused-ring (bicyclic) bond motifs is 5. The summed E-state index contributed by atoms with van der Waals surface area (Å²) in [5.41, 5.74) is 3.72.